The molecule has 4 rings (SSSR count). The highest BCUT2D eigenvalue weighted by molar-refractivity contribution is 7.92. The molecule has 0 spiro atoms. The van der Waals surface area contributed by atoms with Crippen LogP contribution in [0, 0.1) is 13.8 Å². The lowest BCUT2D eigenvalue weighted by molar-refractivity contribution is -0.140. The monoisotopic (exact) mass is 625 g/mol. The fraction of sp³-hybridized carbons (Fsp3) is 0.297. The van der Waals surface area contributed by atoms with Gasteiger partial charge in [-0.25, -0.2) is 8.42 Å². The molecular weight excluding hydrogens is 582 g/mol. The molecule has 1 N–H and O–H groups in total. The van der Waals surface area contributed by atoms with Crippen LogP contribution in [-0.4, -0.2) is 44.3 Å². The molecule has 236 valence electrons. The Balaban J connectivity index is 1.80. The molecule has 0 fully saturated rings. The zero-order valence-electron chi connectivity index (χ0n) is 26.7. The van der Waals surface area contributed by atoms with Crippen molar-refractivity contribution < 1.29 is 18.0 Å². The normalized spacial score (nSPS) is 12.0. The topological polar surface area (TPSA) is 86.8 Å². The zero-order chi connectivity index (χ0) is 32.6. The van der Waals surface area contributed by atoms with E-state index in [0.29, 0.717) is 12.2 Å². The predicted molar refractivity (Wildman–Crippen MR) is 181 cm³/mol. The Morgan fingerprint density at radius 3 is 1.89 bits per heavy atom. The van der Waals surface area contributed by atoms with Gasteiger partial charge in [0.05, 0.1) is 10.6 Å². The molecule has 2 amide bonds. The molecule has 0 unspecified atom stereocenters. The van der Waals surface area contributed by atoms with E-state index >= 15 is 0 Å². The first-order valence-electron chi connectivity index (χ1n) is 15.4. The lowest BCUT2D eigenvalue weighted by Crippen LogP contribution is -2.53. The van der Waals surface area contributed by atoms with Crippen LogP contribution >= 0.6 is 0 Å². The second-order valence-electron chi connectivity index (χ2n) is 11.7. The van der Waals surface area contributed by atoms with Crippen molar-refractivity contribution in [3.63, 3.8) is 0 Å². The number of nitrogens with zero attached hydrogens (tertiary/aromatic N) is 2. The van der Waals surface area contributed by atoms with E-state index in [-0.39, 0.29) is 29.7 Å². The fourth-order valence-electron chi connectivity index (χ4n) is 5.13. The Bertz CT molecular complexity index is 1670. The summed E-state index contributed by atoms with van der Waals surface area (Å²) in [7, 11) is -4.14. The SMILES string of the molecule is CCNC(=O)[C@H](Cc1ccccc1)N(Cc1ccc(C)cc1)C(=O)CN(c1ccc(C(C)C)cc1)S(=O)(=O)c1ccc(C)cc1. The summed E-state index contributed by atoms with van der Waals surface area (Å²) < 4.78 is 29.5. The molecule has 8 heteroatoms. The molecule has 0 radical (unpaired) electrons. The molecule has 7 nitrogen and oxygen atoms in total. The van der Waals surface area contributed by atoms with E-state index in [1.807, 2.05) is 87.5 Å². The van der Waals surface area contributed by atoms with Crippen LogP contribution in [0.1, 0.15) is 54.5 Å². The number of carbonyl (C=O) groups excluding carboxylic acids is 2. The van der Waals surface area contributed by atoms with Crippen LogP contribution in [-0.2, 0) is 32.6 Å². The molecule has 45 heavy (non-hydrogen) atoms. The van der Waals surface area contributed by atoms with Crippen LogP contribution in [0.5, 0.6) is 0 Å². The summed E-state index contributed by atoms with van der Waals surface area (Å²) in [6.45, 7) is 9.89. The van der Waals surface area contributed by atoms with Crippen LogP contribution in [0.25, 0.3) is 0 Å². The van der Waals surface area contributed by atoms with Gasteiger partial charge in [-0.2, -0.15) is 0 Å². The third-order valence-electron chi connectivity index (χ3n) is 7.83. The molecule has 1 atom stereocenters. The summed E-state index contributed by atoms with van der Waals surface area (Å²) >= 11 is 0. The van der Waals surface area contributed by atoms with Gasteiger partial charge in [-0.05, 0) is 67.6 Å². The lowest BCUT2D eigenvalue weighted by Gasteiger charge is -2.34. The first-order chi connectivity index (χ1) is 21.5. The van der Waals surface area contributed by atoms with Crippen molar-refractivity contribution in [3.8, 4) is 0 Å². The number of hydrogen-bond donors (Lipinski definition) is 1. The number of likely N-dealkylation sites (N-methyl/N-ethyl adjacent to an activating group) is 1. The van der Waals surface area contributed by atoms with Crippen molar-refractivity contribution in [1.29, 1.82) is 0 Å². The molecular formula is C37H43N3O4S. The van der Waals surface area contributed by atoms with Gasteiger partial charge in [-0.1, -0.05) is 104 Å². The van der Waals surface area contributed by atoms with Crippen LogP contribution in [0.4, 0.5) is 5.69 Å². The number of benzene rings is 4. The summed E-state index contributed by atoms with van der Waals surface area (Å²) in [5.41, 5.74) is 5.16. The van der Waals surface area contributed by atoms with Gasteiger partial charge in [0, 0.05) is 19.5 Å². The average Bonchev–Trinajstić information content (AvgIpc) is 3.03. The molecule has 4 aromatic carbocycles. The standard InChI is InChI=1S/C37H43N3O4S/c1-6-38-37(42)35(24-30-10-8-7-9-11-30)39(25-31-16-12-28(4)13-17-31)36(41)26-40(33-20-18-32(19-21-33)27(2)3)45(43,44)34-22-14-29(5)15-23-34/h7-23,27,35H,6,24-26H2,1-5H3,(H,38,42)/t35-/m0/s1. The molecule has 0 aliphatic heterocycles. The zero-order valence-corrected chi connectivity index (χ0v) is 27.6. The van der Waals surface area contributed by atoms with Gasteiger partial charge in [-0.3, -0.25) is 13.9 Å². The summed E-state index contributed by atoms with van der Waals surface area (Å²) in [6.07, 6.45) is 0.276. The van der Waals surface area contributed by atoms with Crippen molar-refractivity contribution in [3.05, 3.63) is 131 Å². The van der Waals surface area contributed by atoms with Crippen LogP contribution < -0.4 is 9.62 Å². The highest BCUT2D eigenvalue weighted by Gasteiger charge is 2.34. The Kier molecular flexibility index (Phi) is 11.2. The van der Waals surface area contributed by atoms with Gasteiger partial charge < -0.3 is 10.2 Å². The molecule has 0 saturated carbocycles. The third kappa shape index (κ3) is 8.60. The van der Waals surface area contributed by atoms with E-state index in [2.05, 4.69) is 19.2 Å². The molecule has 0 heterocycles. The number of carbonyl (C=O) groups is 2. The highest BCUT2D eigenvalue weighted by Crippen LogP contribution is 2.27. The highest BCUT2D eigenvalue weighted by atomic mass is 32.2. The smallest absolute Gasteiger partial charge is 0.264 e. The second-order valence-corrected chi connectivity index (χ2v) is 13.5. The second kappa shape index (κ2) is 15.0. The molecule has 0 bridgehead atoms. The largest absolute Gasteiger partial charge is 0.355 e. The number of aryl methyl sites for hydroxylation is 2. The van der Waals surface area contributed by atoms with Crippen LogP contribution in [0.3, 0.4) is 0 Å². The van der Waals surface area contributed by atoms with Crippen LogP contribution in [0.2, 0.25) is 0 Å². The van der Waals surface area contributed by atoms with Gasteiger partial charge in [-0.15, -0.1) is 0 Å². The van der Waals surface area contributed by atoms with Gasteiger partial charge >= 0.3 is 0 Å². The maximum absolute atomic E-state index is 14.5. The quantitative estimate of drug-likeness (QED) is 0.186. The Morgan fingerprint density at radius 1 is 0.756 bits per heavy atom. The number of sulfonamides is 1. The Morgan fingerprint density at radius 2 is 1.33 bits per heavy atom. The third-order valence-corrected chi connectivity index (χ3v) is 9.62. The maximum Gasteiger partial charge on any atom is 0.264 e. The van der Waals surface area contributed by atoms with Gasteiger partial charge in [0.15, 0.2) is 0 Å². The van der Waals surface area contributed by atoms with Gasteiger partial charge in [0.2, 0.25) is 11.8 Å². The summed E-state index contributed by atoms with van der Waals surface area (Å²) in [5.74, 6) is -0.522. The van der Waals surface area contributed by atoms with Gasteiger partial charge in [0.1, 0.15) is 12.6 Å². The number of nitrogens with one attached hydrogen (secondary N) is 1. The summed E-state index contributed by atoms with van der Waals surface area (Å²) in [5, 5.41) is 2.89. The number of hydrogen-bond acceptors (Lipinski definition) is 4. The van der Waals surface area contributed by atoms with E-state index in [1.165, 1.54) is 4.90 Å². The minimum absolute atomic E-state index is 0.0866. The first kappa shape index (κ1) is 33.5. The van der Waals surface area contributed by atoms with E-state index in [4.69, 9.17) is 0 Å². The van der Waals surface area contributed by atoms with Crippen molar-refractivity contribution >= 4 is 27.5 Å². The predicted octanol–water partition coefficient (Wildman–Crippen LogP) is 6.40. The summed E-state index contributed by atoms with van der Waals surface area (Å²) in [4.78, 5) is 29.7. The maximum atomic E-state index is 14.5. The lowest BCUT2D eigenvalue weighted by atomic mass is 10.0. The average molecular weight is 626 g/mol. The van der Waals surface area contributed by atoms with Gasteiger partial charge in [0.25, 0.3) is 10.0 Å². The molecule has 0 aliphatic rings. The molecule has 0 aliphatic carbocycles. The van der Waals surface area contributed by atoms with E-state index in [1.54, 1.807) is 36.4 Å². The van der Waals surface area contributed by atoms with E-state index in [9.17, 15) is 18.0 Å². The van der Waals surface area contributed by atoms with E-state index < -0.39 is 28.5 Å². The van der Waals surface area contributed by atoms with Crippen molar-refractivity contribution in [2.45, 2.75) is 64.4 Å². The first-order valence-corrected chi connectivity index (χ1v) is 16.8. The Hall–Kier alpha value is -4.43. The fourth-order valence-corrected chi connectivity index (χ4v) is 6.54. The Labute approximate surface area is 268 Å². The number of amides is 2. The number of anilines is 1. The van der Waals surface area contributed by atoms with E-state index in [0.717, 1.165) is 32.1 Å². The minimum Gasteiger partial charge on any atom is -0.355 e. The van der Waals surface area contributed by atoms with Crippen molar-refractivity contribution in [2.75, 3.05) is 17.4 Å². The molecule has 4 aromatic rings. The van der Waals surface area contributed by atoms with Crippen molar-refractivity contribution in [1.82, 2.24) is 10.2 Å². The molecule has 0 saturated heterocycles. The number of rotatable bonds is 13. The van der Waals surface area contributed by atoms with Crippen molar-refractivity contribution in [2.24, 2.45) is 0 Å². The van der Waals surface area contributed by atoms with Crippen LogP contribution in [0.15, 0.2) is 108 Å². The molecule has 0 aromatic heterocycles. The minimum atomic E-state index is -4.14. The summed E-state index contributed by atoms with van der Waals surface area (Å²) in [6, 6.07) is 30.3.